The quantitative estimate of drug-likeness (QED) is 0.303. The van der Waals surface area contributed by atoms with Crippen LogP contribution >= 0.6 is 0 Å². The standard InChI is InChI=1S/C9H12O6.C8H14O2/c1-2-8(12)14-5-6-15-9(13)4-3-7(10)11;1-6(2)7(9)10-8(3,4)5/h2H,1,3-6H2,(H,10,11);1H2,2-5H3. The molecule has 1 N–H and O–H groups in total. The zero-order chi connectivity index (χ0) is 20.0. The van der Waals surface area contributed by atoms with Crippen molar-refractivity contribution in [2.24, 2.45) is 0 Å². The monoisotopic (exact) mass is 358 g/mol. The van der Waals surface area contributed by atoms with Gasteiger partial charge in [0.1, 0.15) is 18.8 Å². The summed E-state index contributed by atoms with van der Waals surface area (Å²) in [4.78, 5) is 42.2. The fourth-order valence-corrected chi connectivity index (χ4v) is 1.00. The van der Waals surface area contributed by atoms with E-state index < -0.39 is 23.5 Å². The maximum Gasteiger partial charge on any atom is 0.333 e. The first-order chi connectivity index (χ1) is 11.4. The van der Waals surface area contributed by atoms with Gasteiger partial charge in [-0.3, -0.25) is 9.59 Å². The third kappa shape index (κ3) is 19.3. The topological polar surface area (TPSA) is 116 Å². The van der Waals surface area contributed by atoms with Gasteiger partial charge in [-0.2, -0.15) is 0 Å². The van der Waals surface area contributed by atoms with Crippen LogP contribution in [-0.4, -0.2) is 47.8 Å². The molecule has 0 amide bonds. The van der Waals surface area contributed by atoms with Gasteiger partial charge < -0.3 is 19.3 Å². The van der Waals surface area contributed by atoms with Crippen molar-refractivity contribution in [1.82, 2.24) is 0 Å². The SMILES string of the molecule is C=C(C)C(=O)OC(C)(C)C.C=CC(=O)OCCOC(=O)CCC(=O)O. The van der Waals surface area contributed by atoms with Gasteiger partial charge in [-0.1, -0.05) is 13.2 Å². The first-order valence-electron chi connectivity index (χ1n) is 7.44. The van der Waals surface area contributed by atoms with E-state index >= 15 is 0 Å². The van der Waals surface area contributed by atoms with Crippen LogP contribution in [0, 0.1) is 0 Å². The van der Waals surface area contributed by atoms with Gasteiger partial charge in [0.15, 0.2) is 0 Å². The van der Waals surface area contributed by atoms with Gasteiger partial charge in [0, 0.05) is 11.6 Å². The normalized spacial score (nSPS) is 9.76. The van der Waals surface area contributed by atoms with Gasteiger partial charge >= 0.3 is 23.9 Å². The summed E-state index contributed by atoms with van der Waals surface area (Å²) in [7, 11) is 0. The van der Waals surface area contributed by atoms with Gasteiger partial charge in [-0.15, -0.1) is 0 Å². The van der Waals surface area contributed by atoms with E-state index in [-0.39, 0.29) is 32.0 Å². The number of ether oxygens (including phenoxy) is 3. The highest BCUT2D eigenvalue weighted by molar-refractivity contribution is 5.87. The molecule has 0 unspecified atom stereocenters. The molecule has 142 valence electrons. The molecule has 0 fully saturated rings. The summed E-state index contributed by atoms with van der Waals surface area (Å²) >= 11 is 0. The van der Waals surface area contributed by atoms with E-state index in [1.165, 1.54) is 0 Å². The Kier molecular flexibility index (Phi) is 12.5. The van der Waals surface area contributed by atoms with Crippen molar-refractivity contribution in [1.29, 1.82) is 0 Å². The highest BCUT2D eigenvalue weighted by atomic mass is 16.6. The Morgan fingerprint density at radius 1 is 1.04 bits per heavy atom. The molecule has 8 nitrogen and oxygen atoms in total. The smallest absolute Gasteiger partial charge is 0.333 e. The molecule has 0 aromatic carbocycles. The van der Waals surface area contributed by atoms with E-state index in [1.807, 2.05) is 20.8 Å². The Morgan fingerprint density at radius 3 is 1.92 bits per heavy atom. The number of hydrogen-bond donors (Lipinski definition) is 1. The second-order valence-corrected chi connectivity index (χ2v) is 5.77. The second kappa shape index (κ2) is 12.7. The minimum atomic E-state index is -1.06. The summed E-state index contributed by atoms with van der Waals surface area (Å²) in [6.45, 7) is 13.6. The fraction of sp³-hybridized carbons (Fsp3) is 0.529. The summed E-state index contributed by atoms with van der Waals surface area (Å²) in [6, 6.07) is 0. The molecular formula is C17H26O8. The summed E-state index contributed by atoms with van der Waals surface area (Å²) < 4.78 is 14.1. The van der Waals surface area contributed by atoms with Crippen LogP contribution in [0.2, 0.25) is 0 Å². The molecule has 0 aliphatic carbocycles. The molecule has 25 heavy (non-hydrogen) atoms. The maximum atomic E-state index is 10.8. The van der Waals surface area contributed by atoms with E-state index in [2.05, 4.69) is 22.6 Å². The Hall–Kier alpha value is -2.64. The number of carboxylic acid groups (broad SMARTS) is 1. The van der Waals surface area contributed by atoms with Crippen LogP contribution in [0.4, 0.5) is 0 Å². The van der Waals surface area contributed by atoms with E-state index in [1.54, 1.807) is 6.92 Å². The summed E-state index contributed by atoms with van der Waals surface area (Å²) in [5.41, 5.74) is 0.0330. The number of carbonyl (C=O) groups excluding carboxylic acids is 3. The third-order valence-electron chi connectivity index (χ3n) is 2.05. The van der Waals surface area contributed by atoms with Crippen LogP contribution in [0.1, 0.15) is 40.5 Å². The van der Waals surface area contributed by atoms with Crippen LogP contribution in [0.5, 0.6) is 0 Å². The number of hydrogen-bond acceptors (Lipinski definition) is 7. The molecule has 0 saturated heterocycles. The Labute approximate surface area is 147 Å². The Morgan fingerprint density at radius 2 is 1.56 bits per heavy atom. The van der Waals surface area contributed by atoms with Gasteiger partial charge in [-0.05, 0) is 27.7 Å². The van der Waals surface area contributed by atoms with E-state index in [0.717, 1.165) is 6.08 Å². The lowest BCUT2D eigenvalue weighted by Gasteiger charge is -2.19. The van der Waals surface area contributed by atoms with Crippen LogP contribution in [0.15, 0.2) is 24.8 Å². The largest absolute Gasteiger partial charge is 0.481 e. The van der Waals surface area contributed by atoms with E-state index in [4.69, 9.17) is 9.84 Å². The molecule has 0 rings (SSSR count). The van der Waals surface area contributed by atoms with E-state index in [9.17, 15) is 19.2 Å². The molecule has 0 aromatic heterocycles. The van der Waals surface area contributed by atoms with Crippen molar-refractivity contribution in [2.75, 3.05) is 13.2 Å². The molecule has 8 heteroatoms. The van der Waals surface area contributed by atoms with Gasteiger partial charge in [-0.25, -0.2) is 9.59 Å². The highest BCUT2D eigenvalue weighted by Crippen LogP contribution is 2.09. The molecule has 0 saturated carbocycles. The van der Waals surface area contributed by atoms with Crippen molar-refractivity contribution in [3.8, 4) is 0 Å². The van der Waals surface area contributed by atoms with Gasteiger partial charge in [0.2, 0.25) is 0 Å². The van der Waals surface area contributed by atoms with Crippen LogP contribution in [-0.2, 0) is 33.4 Å². The molecule has 0 radical (unpaired) electrons. The molecule has 0 heterocycles. The summed E-state index contributed by atoms with van der Waals surface area (Å²) in [5, 5.41) is 8.25. The van der Waals surface area contributed by atoms with Crippen molar-refractivity contribution in [3.05, 3.63) is 24.8 Å². The first kappa shape index (κ1) is 24.6. The lowest BCUT2D eigenvalue weighted by atomic mass is 10.2. The fourth-order valence-electron chi connectivity index (χ4n) is 1.00. The van der Waals surface area contributed by atoms with Crippen molar-refractivity contribution < 1.29 is 38.5 Å². The van der Waals surface area contributed by atoms with Gasteiger partial charge in [0.25, 0.3) is 0 Å². The zero-order valence-electron chi connectivity index (χ0n) is 15.1. The predicted molar refractivity (Wildman–Crippen MR) is 89.6 cm³/mol. The highest BCUT2D eigenvalue weighted by Gasteiger charge is 2.15. The third-order valence-corrected chi connectivity index (χ3v) is 2.05. The number of rotatable bonds is 8. The van der Waals surface area contributed by atoms with Crippen molar-refractivity contribution >= 4 is 23.9 Å². The molecule has 0 spiro atoms. The summed E-state index contributed by atoms with van der Waals surface area (Å²) in [6.07, 6.45) is 0.530. The number of aliphatic carboxylic acids is 1. The number of esters is 3. The minimum Gasteiger partial charge on any atom is -0.481 e. The lowest BCUT2D eigenvalue weighted by Crippen LogP contribution is -2.23. The Bertz CT molecular complexity index is 499. The second-order valence-electron chi connectivity index (χ2n) is 5.77. The van der Waals surface area contributed by atoms with Gasteiger partial charge in [0.05, 0.1) is 12.8 Å². The molecule has 0 aliphatic rings. The molecule has 0 atom stereocenters. The minimum absolute atomic E-state index is 0.0658. The van der Waals surface area contributed by atoms with Crippen molar-refractivity contribution in [2.45, 2.75) is 46.1 Å². The first-order valence-corrected chi connectivity index (χ1v) is 7.44. The molecular weight excluding hydrogens is 332 g/mol. The molecule has 0 aromatic rings. The maximum absolute atomic E-state index is 10.8. The lowest BCUT2D eigenvalue weighted by molar-refractivity contribution is -0.151. The average Bonchev–Trinajstić information content (AvgIpc) is 2.48. The van der Waals surface area contributed by atoms with Crippen molar-refractivity contribution in [3.63, 3.8) is 0 Å². The molecule has 0 bridgehead atoms. The van der Waals surface area contributed by atoms with Crippen LogP contribution in [0.25, 0.3) is 0 Å². The van der Waals surface area contributed by atoms with Crippen LogP contribution in [0.3, 0.4) is 0 Å². The predicted octanol–water partition coefficient (Wildman–Crippen LogP) is 2.03. The number of carbonyl (C=O) groups is 4. The summed E-state index contributed by atoms with van der Waals surface area (Å²) in [5.74, 6) is -2.62. The Balaban J connectivity index is 0. The zero-order valence-corrected chi connectivity index (χ0v) is 15.1. The average molecular weight is 358 g/mol. The molecule has 0 aliphatic heterocycles. The van der Waals surface area contributed by atoms with Crippen LogP contribution < -0.4 is 0 Å². The number of carboxylic acids is 1. The van der Waals surface area contributed by atoms with E-state index in [0.29, 0.717) is 5.57 Å².